The lowest BCUT2D eigenvalue weighted by Gasteiger charge is -2.20. The van der Waals surface area contributed by atoms with Crippen LogP contribution >= 0.6 is 0 Å². The lowest BCUT2D eigenvalue weighted by atomic mass is 10.0. The van der Waals surface area contributed by atoms with Gasteiger partial charge in [0.25, 0.3) is 0 Å². The summed E-state index contributed by atoms with van der Waals surface area (Å²) >= 11 is 0. The molecular formula is C33H21F11O. The highest BCUT2D eigenvalue weighted by Crippen LogP contribution is 2.39. The standard InChI is InChI=1S/C33H21F11O/c1-2-3-4-5-18-6-9-20(24(34)12-18)10-7-19-8-11-23(25(35)13-19)33(43,44)45-22-16-26(36)30(27(37)17-22)21-14-28(38)31(29(39)15-21)32(40,41)42/h6,8-9,11-17H,2-5H2,1H3. The number of rotatable bonds is 8. The highest BCUT2D eigenvalue weighted by atomic mass is 19.4. The maximum Gasteiger partial charge on any atom is 0.429 e. The second-order valence-corrected chi connectivity index (χ2v) is 9.91. The van der Waals surface area contributed by atoms with E-state index in [1.165, 1.54) is 12.1 Å². The van der Waals surface area contributed by atoms with Gasteiger partial charge < -0.3 is 4.74 Å². The molecule has 0 bridgehead atoms. The zero-order chi connectivity index (χ0) is 33.1. The maximum absolute atomic E-state index is 14.8. The first-order valence-corrected chi connectivity index (χ1v) is 13.3. The van der Waals surface area contributed by atoms with E-state index in [4.69, 9.17) is 0 Å². The van der Waals surface area contributed by atoms with Crippen molar-refractivity contribution < 1.29 is 53.0 Å². The minimum atomic E-state index is -5.44. The summed E-state index contributed by atoms with van der Waals surface area (Å²) in [6, 6.07) is 7.10. The zero-order valence-corrected chi connectivity index (χ0v) is 23.2. The lowest BCUT2D eigenvalue weighted by molar-refractivity contribution is -0.187. The summed E-state index contributed by atoms with van der Waals surface area (Å²) in [5.74, 6) is -6.08. The molecule has 0 atom stereocenters. The SMILES string of the molecule is CCCCCc1ccc(C#Cc2ccc(C(F)(F)Oc3cc(F)c(-c4cc(F)c(C(F)(F)F)c(F)c4)c(F)c3)c(F)c2)c(F)c1. The van der Waals surface area contributed by atoms with Gasteiger partial charge in [-0.2, -0.15) is 22.0 Å². The second-order valence-electron chi connectivity index (χ2n) is 9.91. The van der Waals surface area contributed by atoms with Crippen molar-refractivity contribution in [1.29, 1.82) is 0 Å². The van der Waals surface area contributed by atoms with Gasteiger partial charge >= 0.3 is 12.3 Å². The third kappa shape index (κ3) is 7.77. The third-order valence-corrected chi connectivity index (χ3v) is 6.60. The van der Waals surface area contributed by atoms with E-state index in [1.54, 1.807) is 6.07 Å². The van der Waals surface area contributed by atoms with Gasteiger partial charge in [-0.15, -0.1) is 0 Å². The van der Waals surface area contributed by atoms with Crippen LogP contribution in [0.3, 0.4) is 0 Å². The van der Waals surface area contributed by atoms with Gasteiger partial charge in [-0.1, -0.05) is 37.7 Å². The number of hydrogen-bond acceptors (Lipinski definition) is 1. The topological polar surface area (TPSA) is 9.23 Å². The fourth-order valence-electron chi connectivity index (χ4n) is 4.44. The molecule has 0 amide bonds. The molecule has 0 saturated carbocycles. The molecule has 0 saturated heterocycles. The Bertz CT molecular complexity index is 1740. The molecule has 236 valence electrons. The van der Waals surface area contributed by atoms with Gasteiger partial charge in [0.1, 0.15) is 51.8 Å². The number of halogens is 11. The molecule has 0 radical (unpaired) electrons. The summed E-state index contributed by atoms with van der Waals surface area (Å²) in [7, 11) is 0. The molecule has 4 rings (SSSR count). The molecule has 45 heavy (non-hydrogen) atoms. The minimum Gasteiger partial charge on any atom is -0.429 e. The summed E-state index contributed by atoms with van der Waals surface area (Å²) in [6.45, 7) is 2.04. The molecule has 1 nitrogen and oxygen atoms in total. The van der Waals surface area contributed by atoms with Crippen LogP contribution in [0.15, 0.2) is 60.7 Å². The van der Waals surface area contributed by atoms with Crippen LogP contribution in [0.4, 0.5) is 48.3 Å². The molecule has 0 aliphatic heterocycles. The molecule has 0 unspecified atom stereocenters. The Morgan fingerprint density at radius 1 is 0.644 bits per heavy atom. The van der Waals surface area contributed by atoms with Crippen molar-refractivity contribution >= 4 is 0 Å². The van der Waals surface area contributed by atoms with E-state index in [1.807, 2.05) is 6.92 Å². The number of unbranched alkanes of at least 4 members (excludes halogenated alkanes) is 2. The quantitative estimate of drug-likeness (QED) is 0.106. The minimum absolute atomic E-state index is 0.00154. The first kappa shape index (κ1) is 33.4. The van der Waals surface area contributed by atoms with Crippen LogP contribution < -0.4 is 4.74 Å². The molecule has 0 fully saturated rings. The van der Waals surface area contributed by atoms with Crippen LogP contribution in [-0.2, 0) is 18.7 Å². The molecule has 0 heterocycles. The van der Waals surface area contributed by atoms with Gasteiger partial charge in [-0.05, 0) is 66.4 Å². The predicted molar refractivity (Wildman–Crippen MR) is 143 cm³/mol. The maximum atomic E-state index is 14.8. The second kappa shape index (κ2) is 13.2. The van der Waals surface area contributed by atoms with Gasteiger partial charge in [-0.25, -0.2) is 26.3 Å². The largest absolute Gasteiger partial charge is 0.429 e. The highest BCUT2D eigenvalue weighted by Gasteiger charge is 2.39. The lowest BCUT2D eigenvalue weighted by Crippen LogP contribution is -2.23. The Labute approximate surface area is 250 Å². The third-order valence-electron chi connectivity index (χ3n) is 6.60. The Hall–Kier alpha value is -4.53. The van der Waals surface area contributed by atoms with Crippen LogP contribution in [0.1, 0.15) is 54.0 Å². The van der Waals surface area contributed by atoms with Gasteiger partial charge in [0.15, 0.2) is 0 Å². The molecule has 0 spiro atoms. The number of hydrogen-bond donors (Lipinski definition) is 0. The molecule has 4 aromatic rings. The Balaban J connectivity index is 1.54. The molecule has 0 aliphatic carbocycles. The van der Waals surface area contributed by atoms with Crippen LogP contribution in [-0.4, -0.2) is 0 Å². The fourth-order valence-corrected chi connectivity index (χ4v) is 4.44. The molecular weight excluding hydrogens is 621 g/mol. The average molecular weight is 643 g/mol. The molecule has 0 aromatic heterocycles. The molecule has 12 heteroatoms. The number of aryl methyl sites for hydroxylation is 1. The summed E-state index contributed by atoms with van der Waals surface area (Å²) < 4.78 is 159. The molecule has 4 aromatic carbocycles. The van der Waals surface area contributed by atoms with Crippen molar-refractivity contribution in [3.05, 3.63) is 123 Å². The van der Waals surface area contributed by atoms with E-state index in [-0.39, 0.29) is 35.4 Å². The van der Waals surface area contributed by atoms with Gasteiger partial charge in [-0.3, -0.25) is 0 Å². The highest BCUT2D eigenvalue weighted by molar-refractivity contribution is 5.66. The molecule has 0 aliphatic rings. The molecule has 0 N–H and O–H groups in total. The van der Waals surface area contributed by atoms with E-state index in [0.717, 1.165) is 30.9 Å². The van der Waals surface area contributed by atoms with Crippen LogP contribution in [0, 0.1) is 46.7 Å². The fraction of sp³-hybridized carbons (Fsp3) is 0.212. The summed E-state index contributed by atoms with van der Waals surface area (Å²) in [6.07, 6.45) is -6.38. The van der Waals surface area contributed by atoms with Crippen molar-refractivity contribution in [3.8, 4) is 28.7 Å². The summed E-state index contributed by atoms with van der Waals surface area (Å²) in [4.78, 5) is 0. The van der Waals surface area contributed by atoms with Crippen molar-refractivity contribution in [3.63, 3.8) is 0 Å². The van der Waals surface area contributed by atoms with Gasteiger partial charge in [0.05, 0.1) is 11.1 Å². The van der Waals surface area contributed by atoms with Crippen molar-refractivity contribution in [2.24, 2.45) is 0 Å². The zero-order valence-electron chi connectivity index (χ0n) is 23.2. The monoisotopic (exact) mass is 642 g/mol. The summed E-state index contributed by atoms with van der Waals surface area (Å²) in [5, 5.41) is 0. The van der Waals surface area contributed by atoms with Crippen molar-refractivity contribution in [2.75, 3.05) is 0 Å². The van der Waals surface area contributed by atoms with E-state index in [0.29, 0.717) is 18.6 Å². The Morgan fingerprint density at radius 3 is 1.84 bits per heavy atom. The van der Waals surface area contributed by atoms with Gasteiger partial charge in [0, 0.05) is 17.7 Å². The van der Waals surface area contributed by atoms with E-state index in [2.05, 4.69) is 16.6 Å². The van der Waals surface area contributed by atoms with E-state index < -0.39 is 75.2 Å². The summed E-state index contributed by atoms with van der Waals surface area (Å²) in [5.41, 5.74) is -5.18. The van der Waals surface area contributed by atoms with Crippen LogP contribution in [0.25, 0.3) is 11.1 Å². The number of ether oxygens (including phenoxy) is 1. The normalized spacial score (nSPS) is 11.7. The number of benzene rings is 4. The Morgan fingerprint density at radius 2 is 1.29 bits per heavy atom. The van der Waals surface area contributed by atoms with E-state index in [9.17, 15) is 48.3 Å². The Kier molecular flexibility index (Phi) is 9.80. The van der Waals surface area contributed by atoms with Gasteiger partial charge in [0.2, 0.25) is 0 Å². The van der Waals surface area contributed by atoms with E-state index >= 15 is 0 Å². The van der Waals surface area contributed by atoms with Crippen molar-refractivity contribution in [1.82, 2.24) is 0 Å². The predicted octanol–water partition coefficient (Wildman–Crippen LogP) is 10.5. The number of alkyl halides is 5. The van der Waals surface area contributed by atoms with Crippen molar-refractivity contribution in [2.45, 2.75) is 44.9 Å². The first-order chi connectivity index (χ1) is 21.1. The van der Waals surface area contributed by atoms with Crippen LogP contribution in [0.5, 0.6) is 5.75 Å². The average Bonchev–Trinajstić information content (AvgIpc) is 2.91. The first-order valence-electron chi connectivity index (χ1n) is 13.3. The smallest absolute Gasteiger partial charge is 0.429 e. The van der Waals surface area contributed by atoms with Crippen LogP contribution in [0.2, 0.25) is 0 Å².